The number of aryl methyl sites for hydroxylation is 1. The molecular formula is C17H22BrNO. The number of hydrogen-bond acceptors (Lipinski definition) is 1. The zero-order valence-electron chi connectivity index (χ0n) is 12.3. The Morgan fingerprint density at radius 2 is 1.95 bits per heavy atom. The second-order valence-corrected chi connectivity index (χ2v) is 7.24. The molecule has 3 heteroatoms. The Balaban J connectivity index is 1.84. The van der Waals surface area contributed by atoms with Gasteiger partial charge in [0.15, 0.2) is 0 Å². The molecule has 1 aliphatic carbocycles. The topological polar surface area (TPSA) is 20.3 Å². The Morgan fingerprint density at radius 1 is 1.25 bits per heavy atom. The summed E-state index contributed by atoms with van der Waals surface area (Å²) in [6.45, 7) is 5.06. The largest absolute Gasteiger partial charge is 0.331 e. The Labute approximate surface area is 129 Å². The fourth-order valence-electron chi connectivity index (χ4n) is 3.84. The van der Waals surface area contributed by atoms with Gasteiger partial charge in [0, 0.05) is 22.6 Å². The second kappa shape index (κ2) is 5.51. The van der Waals surface area contributed by atoms with Crippen LogP contribution in [0.3, 0.4) is 0 Å². The van der Waals surface area contributed by atoms with Crippen LogP contribution >= 0.6 is 15.9 Å². The van der Waals surface area contributed by atoms with Crippen molar-refractivity contribution in [1.29, 1.82) is 0 Å². The minimum absolute atomic E-state index is 0.239. The summed E-state index contributed by atoms with van der Waals surface area (Å²) in [5.74, 6) is 0.925. The lowest BCUT2D eigenvalue weighted by molar-refractivity contribution is 0.0623. The average Bonchev–Trinajstić information content (AvgIpc) is 2.76. The van der Waals surface area contributed by atoms with E-state index >= 15 is 0 Å². The number of nitrogens with zero attached hydrogens (tertiary/aromatic N) is 1. The van der Waals surface area contributed by atoms with E-state index in [1.807, 2.05) is 13.0 Å². The number of hydrogen-bond donors (Lipinski definition) is 0. The minimum atomic E-state index is 0.239. The van der Waals surface area contributed by atoms with Crippen molar-refractivity contribution in [2.45, 2.75) is 58.5 Å². The van der Waals surface area contributed by atoms with Crippen molar-refractivity contribution in [3.05, 3.63) is 33.3 Å². The van der Waals surface area contributed by atoms with Crippen molar-refractivity contribution in [3.8, 4) is 0 Å². The molecule has 1 aliphatic heterocycles. The summed E-state index contributed by atoms with van der Waals surface area (Å²) in [4.78, 5) is 14.8. The Hall–Kier alpha value is -0.830. The molecule has 2 aliphatic rings. The Kier molecular flexibility index (Phi) is 3.89. The van der Waals surface area contributed by atoms with Crippen molar-refractivity contribution < 1.29 is 4.79 Å². The highest BCUT2D eigenvalue weighted by molar-refractivity contribution is 9.10. The van der Waals surface area contributed by atoms with E-state index in [1.54, 1.807) is 0 Å². The molecule has 3 rings (SSSR count). The van der Waals surface area contributed by atoms with Crippen LogP contribution in [0.15, 0.2) is 16.6 Å². The zero-order chi connectivity index (χ0) is 14.3. The van der Waals surface area contributed by atoms with E-state index in [-0.39, 0.29) is 5.91 Å². The minimum Gasteiger partial charge on any atom is -0.331 e. The molecule has 1 amide bonds. The van der Waals surface area contributed by atoms with Gasteiger partial charge in [0.05, 0.1) is 0 Å². The molecule has 20 heavy (non-hydrogen) atoms. The second-order valence-electron chi connectivity index (χ2n) is 6.33. The summed E-state index contributed by atoms with van der Waals surface area (Å²) < 4.78 is 1.08. The van der Waals surface area contributed by atoms with E-state index in [9.17, 15) is 4.79 Å². The third kappa shape index (κ3) is 2.41. The predicted molar refractivity (Wildman–Crippen MR) is 84.8 cm³/mol. The molecule has 0 radical (unpaired) electrons. The molecule has 1 atom stereocenters. The van der Waals surface area contributed by atoms with Crippen LogP contribution in [0.4, 0.5) is 0 Å². The third-order valence-electron chi connectivity index (χ3n) is 5.02. The van der Waals surface area contributed by atoms with E-state index in [1.165, 1.54) is 37.7 Å². The molecular weight excluding hydrogens is 314 g/mol. The normalized spacial score (nSPS) is 21.1. The van der Waals surface area contributed by atoms with Gasteiger partial charge in [0.2, 0.25) is 0 Å². The molecule has 1 heterocycles. The van der Waals surface area contributed by atoms with E-state index in [0.29, 0.717) is 12.0 Å². The van der Waals surface area contributed by atoms with Crippen LogP contribution in [0.2, 0.25) is 0 Å². The van der Waals surface area contributed by atoms with Crippen molar-refractivity contribution in [2.24, 2.45) is 5.92 Å². The van der Waals surface area contributed by atoms with Gasteiger partial charge in [0.1, 0.15) is 0 Å². The SMILES string of the molecule is Cc1cc(Br)cc2c1C(=O)N(C(C)C1CCCCC1)C2. The molecule has 0 spiro atoms. The molecule has 1 unspecified atom stereocenters. The van der Waals surface area contributed by atoms with Crippen LogP contribution in [0.5, 0.6) is 0 Å². The first-order chi connectivity index (χ1) is 9.58. The van der Waals surface area contributed by atoms with Gasteiger partial charge in [-0.2, -0.15) is 0 Å². The molecule has 1 aromatic carbocycles. The summed E-state index contributed by atoms with van der Waals surface area (Å²) in [5, 5.41) is 0. The Morgan fingerprint density at radius 3 is 2.65 bits per heavy atom. The number of carbonyl (C=O) groups is 1. The summed E-state index contributed by atoms with van der Waals surface area (Å²) in [5.41, 5.74) is 3.22. The molecule has 1 fully saturated rings. The van der Waals surface area contributed by atoms with Gasteiger partial charge in [-0.05, 0) is 55.9 Å². The van der Waals surface area contributed by atoms with E-state index in [2.05, 4.69) is 33.8 Å². The first kappa shape index (κ1) is 14.1. The summed E-state index contributed by atoms with van der Waals surface area (Å²) in [7, 11) is 0. The highest BCUT2D eigenvalue weighted by atomic mass is 79.9. The quantitative estimate of drug-likeness (QED) is 0.768. The van der Waals surface area contributed by atoms with Crippen LogP contribution in [0, 0.1) is 12.8 Å². The standard InChI is InChI=1S/C17H22BrNO/c1-11-8-15(18)9-14-10-19(17(20)16(11)14)12(2)13-6-4-3-5-7-13/h8-9,12-13H,3-7,10H2,1-2H3. The van der Waals surface area contributed by atoms with Gasteiger partial charge in [-0.1, -0.05) is 35.2 Å². The molecule has 0 bridgehead atoms. The van der Waals surface area contributed by atoms with Crippen molar-refractivity contribution in [1.82, 2.24) is 4.90 Å². The molecule has 108 valence electrons. The predicted octanol–water partition coefficient (Wildman–Crippen LogP) is 4.68. The Bertz CT molecular complexity index is 534. The molecule has 0 aromatic heterocycles. The molecule has 0 saturated heterocycles. The van der Waals surface area contributed by atoms with E-state index in [0.717, 1.165) is 22.1 Å². The van der Waals surface area contributed by atoms with Crippen molar-refractivity contribution >= 4 is 21.8 Å². The van der Waals surface area contributed by atoms with E-state index < -0.39 is 0 Å². The summed E-state index contributed by atoms with van der Waals surface area (Å²) in [6, 6.07) is 4.52. The third-order valence-corrected chi connectivity index (χ3v) is 5.48. The zero-order valence-corrected chi connectivity index (χ0v) is 13.9. The van der Waals surface area contributed by atoms with Gasteiger partial charge in [-0.25, -0.2) is 0 Å². The smallest absolute Gasteiger partial charge is 0.255 e. The van der Waals surface area contributed by atoms with Gasteiger partial charge in [-0.3, -0.25) is 4.79 Å². The van der Waals surface area contributed by atoms with Crippen LogP contribution in [0.25, 0.3) is 0 Å². The van der Waals surface area contributed by atoms with Crippen LogP contribution in [0.1, 0.15) is 60.5 Å². The molecule has 1 saturated carbocycles. The molecule has 1 aromatic rings. The number of carbonyl (C=O) groups excluding carboxylic acids is 1. The van der Waals surface area contributed by atoms with Crippen molar-refractivity contribution in [2.75, 3.05) is 0 Å². The maximum absolute atomic E-state index is 12.7. The number of benzene rings is 1. The van der Waals surface area contributed by atoms with Gasteiger partial charge in [0.25, 0.3) is 5.91 Å². The van der Waals surface area contributed by atoms with Gasteiger partial charge < -0.3 is 4.90 Å². The van der Waals surface area contributed by atoms with Crippen molar-refractivity contribution in [3.63, 3.8) is 0 Å². The lowest BCUT2D eigenvalue weighted by Gasteiger charge is -2.34. The number of halogens is 1. The first-order valence-electron chi connectivity index (χ1n) is 7.68. The molecule has 0 N–H and O–H groups in total. The fraction of sp³-hybridized carbons (Fsp3) is 0.588. The van der Waals surface area contributed by atoms with Gasteiger partial charge >= 0.3 is 0 Å². The first-order valence-corrected chi connectivity index (χ1v) is 8.47. The van der Waals surface area contributed by atoms with Gasteiger partial charge in [-0.15, -0.1) is 0 Å². The number of fused-ring (bicyclic) bond motifs is 1. The average molecular weight is 336 g/mol. The monoisotopic (exact) mass is 335 g/mol. The highest BCUT2D eigenvalue weighted by Gasteiger charge is 2.35. The summed E-state index contributed by atoms with van der Waals surface area (Å²) >= 11 is 3.54. The lowest BCUT2D eigenvalue weighted by Crippen LogP contribution is -2.39. The molecule has 2 nitrogen and oxygen atoms in total. The number of rotatable bonds is 2. The van der Waals surface area contributed by atoms with Crippen LogP contribution < -0.4 is 0 Å². The number of amides is 1. The summed E-state index contributed by atoms with van der Waals surface area (Å²) in [6.07, 6.45) is 6.58. The van der Waals surface area contributed by atoms with Crippen LogP contribution in [-0.2, 0) is 6.54 Å². The maximum Gasteiger partial charge on any atom is 0.255 e. The van der Waals surface area contributed by atoms with E-state index in [4.69, 9.17) is 0 Å². The fourth-order valence-corrected chi connectivity index (χ4v) is 4.46. The van der Waals surface area contributed by atoms with Crippen LogP contribution in [-0.4, -0.2) is 16.8 Å². The maximum atomic E-state index is 12.7. The highest BCUT2D eigenvalue weighted by Crippen LogP contribution is 2.35. The lowest BCUT2D eigenvalue weighted by atomic mass is 9.84.